The average molecular weight is 315 g/mol. The summed E-state index contributed by atoms with van der Waals surface area (Å²) in [5.41, 5.74) is 0.565. The van der Waals surface area contributed by atoms with Crippen LogP contribution < -0.4 is 0 Å². The van der Waals surface area contributed by atoms with Crippen LogP contribution in [0.15, 0.2) is 22.7 Å². The Hall–Kier alpha value is -0.410. The zero-order valence-electron chi connectivity index (χ0n) is 10.8. The van der Waals surface area contributed by atoms with Crippen molar-refractivity contribution >= 4 is 15.9 Å². The van der Waals surface area contributed by atoms with Crippen LogP contribution in [0.25, 0.3) is 0 Å². The number of aliphatic hydroxyl groups excluding tert-OH is 1. The number of halogens is 2. The third-order valence-corrected chi connectivity index (χ3v) is 4.72. The predicted molar refractivity (Wildman–Crippen MR) is 75.0 cm³/mol. The minimum absolute atomic E-state index is 0.0439. The van der Waals surface area contributed by atoms with Crippen molar-refractivity contribution in [3.63, 3.8) is 0 Å². The summed E-state index contributed by atoms with van der Waals surface area (Å²) in [5, 5.41) is 10.4. The molecule has 0 radical (unpaired) electrons. The molecule has 1 fully saturated rings. The molecule has 1 unspecified atom stereocenters. The fourth-order valence-corrected chi connectivity index (χ4v) is 3.17. The van der Waals surface area contributed by atoms with Crippen LogP contribution in [0.3, 0.4) is 0 Å². The highest BCUT2D eigenvalue weighted by Gasteiger charge is 2.34. The van der Waals surface area contributed by atoms with Gasteiger partial charge in [0, 0.05) is 10.9 Å². The molecular weight excluding hydrogens is 295 g/mol. The van der Waals surface area contributed by atoms with Gasteiger partial charge in [0.2, 0.25) is 0 Å². The molecule has 18 heavy (non-hydrogen) atoms. The molecular formula is C15H20BrFO. The Morgan fingerprint density at radius 2 is 2.00 bits per heavy atom. The van der Waals surface area contributed by atoms with E-state index in [1.165, 1.54) is 25.3 Å². The van der Waals surface area contributed by atoms with Crippen LogP contribution in [-0.2, 0) is 6.42 Å². The summed E-state index contributed by atoms with van der Waals surface area (Å²) < 4.78 is 14.5. The van der Waals surface area contributed by atoms with Crippen molar-refractivity contribution in [1.29, 1.82) is 0 Å². The van der Waals surface area contributed by atoms with Gasteiger partial charge < -0.3 is 5.11 Å². The second-order valence-corrected chi connectivity index (χ2v) is 6.59. The maximum atomic E-state index is 13.8. The molecule has 1 aliphatic carbocycles. The Morgan fingerprint density at radius 1 is 1.33 bits per heavy atom. The molecule has 1 aliphatic rings. The quantitative estimate of drug-likeness (QED) is 0.873. The van der Waals surface area contributed by atoms with Crippen molar-refractivity contribution < 1.29 is 9.50 Å². The van der Waals surface area contributed by atoms with Crippen LogP contribution >= 0.6 is 15.9 Å². The Labute approximate surface area is 117 Å². The van der Waals surface area contributed by atoms with Gasteiger partial charge >= 0.3 is 0 Å². The first kappa shape index (κ1) is 14.0. The fraction of sp³-hybridized carbons (Fsp3) is 0.600. The average Bonchev–Trinajstić information content (AvgIpc) is 2.33. The third-order valence-electron chi connectivity index (χ3n) is 4.23. The summed E-state index contributed by atoms with van der Waals surface area (Å²) in [4.78, 5) is 0. The molecule has 100 valence electrons. The lowest BCUT2D eigenvalue weighted by Gasteiger charge is -2.38. The van der Waals surface area contributed by atoms with Gasteiger partial charge in [0.15, 0.2) is 0 Å². The number of hydrogen-bond acceptors (Lipinski definition) is 1. The minimum Gasteiger partial charge on any atom is -0.392 e. The van der Waals surface area contributed by atoms with Crippen molar-refractivity contribution in [2.45, 2.75) is 51.6 Å². The number of rotatable bonds is 3. The van der Waals surface area contributed by atoms with E-state index in [1.807, 2.05) is 6.07 Å². The summed E-state index contributed by atoms with van der Waals surface area (Å²) in [7, 11) is 0. The zero-order valence-corrected chi connectivity index (χ0v) is 12.3. The van der Waals surface area contributed by atoms with Gasteiger partial charge in [0.1, 0.15) is 5.82 Å². The van der Waals surface area contributed by atoms with E-state index in [-0.39, 0.29) is 11.2 Å². The Balaban J connectivity index is 2.08. The van der Waals surface area contributed by atoms with Gasteiger partial charge in [0.25, 0.3) is 0 Å². The highest BCUT2D eigenvalue weighted by atomic mass is 79.9. The van der Waals surface area contributed by atoms with Gasteiger partial charge in [-0.3, -0.25) is 0 Å². The molecule has 1 atom stereocenters. The van der Waals surface area contributed by atoms with E-state index in [0.717, 1.165) is 17.3 Å². The number of benzene rings is 1. The van der Waals surface area contributed by atoms with E-state index in [2.05, 4.69) is 22.9 Å². The molecule has 1 N–H and O–H groups in total. The van der Waals surface area contributed by atoms with Gasteiger partial charge in [-0.05, 0) is 36.0 Å². The second-order valence-electron chi connectivity index (χ2n) is 5.67. The minimum atomic E-state index is -0.450. The van der Waals surface area contributed by atoms with Crippen LogP contribution in [0.2, 0.25) is 0 Å². The summed E-state index contributed by atoms with van der Waals surface area (Å²) >= 11 is 3.25. The molecule has 0 aromatic heterocycles. The molecule has 1 nitrogen and oxygen atoms in total. The lowest BCUT2D eigenvalue weighted by Crippen LogP contribution is -2.36. The normalized spacial score (nSPS) is 20.7. The fourth-order valence-electron chi connectivity index (χ4n) is 2.83. The monoisotopic (exact) mass is 314 g/mol. The van der Waals surface area contributed by atoms with E-state index in [1.54, 1.807) is 6.07 Å². The topological polar surface area (TPSA) is 20.2 Å². The molecule has 0 heterocycles. The molecule has 0 saturated heterocycles. The lowest BCUT2D eigenvalue weighted by atomic mass is 9.70. The first-order valence-corrected chi connectivity index (χ1v) is 7.42. The SMILES string of the molecule is CC1(C(O)Cc2ccc(Br)cc2F)CCCCC1. The van der Waals surface area contributed by atoms with E-state index >= 15 is 0 Å². The molecule has 1 aromatic rings. The van der Waals surface area contributed by atoms with Crippen LogP contribution in [0, 0.1) is 11.2 Å². The standard InChI is InChI=1S/C15H20BrFO/c1-15(7-3-2-4-8-15)14(18)9-11-5-6-12(16)10-13(11)17/h5-6,10,14,18H,2-4,7-9H2,1H3. The van der Waals surface area contributed by atoms with E-state index in [9.17, 15) is 9.50 Å². The van der Waals surface area contributed by atoms with Gasteiger partial charge in [-0.15, -0.1) is 0 Å². The highest BCUT2D eigenvalue weighted by molar-refractivity contribution is 9.10. The smallest absolute Gasteiger partial charge is 0.127 e. The molecule has 0 spiro atoms. The van der Waals surface area contributed by atoms with Crippen LogP contribution in [-0.4, -0.2) is 11.2 Å². The molecule has 1 aromatic carbocycles. The first-order chi connectivity index (χ1) is 8.51. The summed E-state index contributed by atoms with van der Waals surface area (Å²) in [5.74, 6) is -0.233. The van der Waals surface area contributed by atoms with Crippen molar-refractivity contribution in [3.05, 3.63) is 34.1 Å². The molecule has 0 aliphatic heterocycles. The van der Waals surface area contributed by atoms with E-state index in [0.29, 0.717) is 12.0 Å². The van der Waals surface area contributed by atoms with Gasteiger partial charge in [0.05, 0.1) is 6.10 Å². The van der Waals surface area contributed by atoms with Gasteiger partial charge in [-0.1, -0.05) is 48.2 Å². The number of hydrogen-bond donors (Lipinski definition) is 1. The number of aliphatic hydroxyl groups is 1. The van der Waals surface area contributed by atoms with Crippen LogP contribution in [0.1, 0.15) is 44.6 Å². The van der Waals surface area contributed by atoms with Crippen molar-refractivity contribution in [2.24, 2.45) is 5.41 Å². The second kappa shape index (κ2) is 5.70. The van der Waals surface area contributed by atoms with Crippen molar-refractivity contribution in [3.8, 4) is 0 Å². The molecule has 0 bridgehead atoms. The Kier molecular flexibility index (Phi) is 4.44. The Morgan fingerprint density at radius 3 is 2.61 bits per heavy atom. The highest BCUT2D eigenvalue weighted by Crippen LogP contribution is 2.40. The summed E-state index contributed by atoms with van der Waals surface area (Å²) in [6.45, 7) is 2.13. The Bertz CT molecular complexity index is 413. The zero-order chi connectivity index (χ0) is 13.2. The van der Waals surface area contributed by atoms with Crippen molar-refractivity contribution in [2.75, 3.05) is 0 Å². The molecule has 0 amide bonds. The van der Waals surface area contributed by atoms with Crippen LogP contribution in [0.4, 0.5) is 4.39 Å². The molecule has 2 rings (SSSR count). The first-order valence-electron chi connectivity index (χ1n) is 6.63. The van der Waals surface area contributed by atoms with Crippen LogP contribution in [0.5, 0.6) is 0 Å². The largest absolute Gasteiger partial charge is 0.392 e. The van der Waals surface area contributed by atoms with Crippen molar-refractivity contribution in [1.82, 2.24) is 0 Å². The summed E-state index contributed by atoms with van der Waals surface area (Å²) in [6, 6.07) is 5.05. The third kappa shape index (κ3) is 3.12. The maximum absolute atomic E-state index is 13.8. The predicted octanol–water partition coefficient (Wildman–Crippen LogP) is 4.46. The maximum Gasteiger partial charge on any atom is 0.127 e. The van der Waals surface area contributed by atoms with Gasteiger partial charge in [-0.25, -0.2) is 4.39 Å². The lowest BCUT2D eigenvalue weighted by molar-refractivity contribution is 0.00989. The van der Waals surface area contributed by atoms with E-state index < -0.39 is 6.10 Å². The summed E-state index contributed by atoms with van der Waals surface area (Å²) in [6.07, 6.45) is 5.67. The van der Waals surface area contributed by atoms with Gasteiger partial charge in [-0.2, -0.15) is 0 Å². The molecule has 1 saturated carbocycles. The molecule has 3 heteroatoms. The van der Waals surface area contributed by atoms with E-state index in [4.69, 9.17) is 0 Å².